The van der Waals surface area contributed by atoms with E-state index in [-0.39, 0.29) is 35.9 Å². The SMILES string of the molecule is COc1ccc(S(=O)(=O)CCCC(=O)N(Cc2ccco2)c2nc3ccccc3s2)cc1. The molecule has 4 aromatic rings. The number of carbonyl (C=O) groups is 1. The summed E-state index contributed by atoms with van der Waals surface area (Å²) in [6, 6.07) is 17.5. The zero-order valence-corrected chi connectivity index (χ0v) is 19.1. The van der Waals surface area contributed by atoms with Gasteiger partial charge in [-0.1, -0.05) is 23.5 Å². The number of aromatic nitrogens is 1. The van der Waals surface area contributed by atoms with E-state index < -0.39 is 9.84 Å². The molecule has 2 heterocycles. The maximum absolute atomic E-state index is 13.1. The van der Waals surface area contributed by atoms with Gasteiger partial charge in [-0.3, -0.25) is 9.69 Å². The van der Waals surface area contributed by atoms with E-state index in [1.807, 2.05) is 24.3 Å². The molecule has 7 nitrogen and oxygen atoms in total. The van der Waals surface area contributed by atoms with Gasteiger partial charge in [0, 0.05) is 6.42 Å². The molecule has 0 fully saturated rings. The number of methoxy groups -OCH3 is 1. The van der Waals surface area contributed by atoms with Crippen molar-refractivity contribution >= 4 is 42.4 Å². The highest BCUT2D eigenvalue weighted by Gasteiger charge is 2.22. The van der Waals surface area contributed by atoms with E-state index >= 15 is 0 Å². The van der Waals surface area contributed by atoms with Crippen LogP contribution in [0.4, 0.5) is 5.13 Å². The van der Waals surface area contributed by atoms with Crippen molar-refractivity contribution in [3.63, 3.8) is 0 Å². The van der Waals surface area contributed by atoms with Gasteiger partial charge in [0.05, 0.1) is 40.8 Å². The van der Waals surface area contributed by atoms with E-state index in [1.54, 1.807) is 35.4 Å². The minimum atomic E-state index is -3.50. The van der Waals surface area contributed by atoms with Gasteiger partial charge < -0.3 is 9.15 Å². The maximum Gasteiger partial charge on any atom is 0.229 e. The van der Waals surface area contributed by atoms with Crippen molar-refractivity contribution < 1.29 is 22.4 Å². The summed E-state index contributed by atoms with van der Waals surface area (Å²) in [4.78, 5) is 19.5. The second-order valence-corrected chi connectivity index (χ2v) is 10.2. The first-order chi connectivity index (χ1) is 15.5. The molecule has 0 bridgehead atoms. The van der Waals surface area contributed by atoms with E-state index in [2.05, 4.69) is 4.98 Å². The Morgan fingerprint density at radius 3 is 2.56 bits per heavy atom. The third kappa shape index (κ3) is 5.00. The monoisotopic (exact) mass is 470 g/mol. The predicted molar refractivity (Wildman–Crippen MR) is 124 cm³/mol. The first-order valence-electron chi connectivity index (χ1n) is 10.0. The molecule has 0 aliphatic heterocycles. The summed E-state index contributed by atoms with van der Waals surface area (Å²) < 4.78 is 36.7. The Kier molecular flexibility index (Phi) is 6.57. The van der Waals surface area contributed by atoms with Gasteiger partial charge in [-0.15, -0.1) is 0 Å². The number of anilines is 1. The lowest BCUT2D eigenvalue weighted by atomic mass is 10.3. The fraction of sp³-hybridized carbons (Fsp3) is 0.217. The number of thiazole rings is 1. The van der Waals surface area contributed by atoms with Gasteiger partial charge in [-0.2, -0.15) is 0 Å². The molecule has 32 heavy (non-hydrogen) atoms. The Morgan fingerprint density at radius 2 is 1.88 bits per heavy atom. The first kappa shape index (κ1) is 22.0. The molecule has 2 aromatic carbocycles. The molecule has 0 radical (unpaired) electrons. The molecule has 0 saturated heterocycles. The number of rotatable bonds is 9. The minimum Gasteiger partial charge on any atom is -0.497 e. The zero-order chi connectivity index (χ0) is 22.6. The molecule has 1 amide bonds. The number of hydrogen-bond acceptors (Lipinski definition) is 7. The number of nitrogens with zero attached hydrogens (tertiary/aromatic N) is 2. The third-order valence-electron chi connectivity index (χ3n) is 4.93. The highest BCUT2D eigenvalue weighted by molar-refractivity contribution is 7.91. The highest BCUT2D eigenvalue weighted by Crippen LogP contribution is 2.30. The van der Waals surface area contributed by atoms with Gasteiger partial charge in [0.2, 0.25) is 5.91 Å². The summed E-state index contributed by atoms with van der Waals surface area (Å²) in [6.45, 7) is 0.233. The number of para-hydroxylation sites is 1. The molecule has 0 aliphatic rings. The Labute approximate surface area is 190 Å². The van der Waals surface area contributed by atoms with Gasteiger partial charge in [-0.05, 0) is 55.0 Å². The van der Waals surface area contributed by atoms with Gasteiger partial charge in [0.25, 0.3) is 0 Å². The van der Waals surface area contributed by atoms with Crippen molar-refractivity contribution in [1.82, 2.24) is 4.98 Å². The van der Waals surface area contributed by atoms with E-state index in [1.165, 1.54) is 30.6 Å². The Morgan fingerprint density at radius 1 is 1.09 bits per heavy atom. The van der Waals surface area contributed by atoms with Crippen LogP contribution >= 0.6 is 11.3 Å². The molecule has 0 spiro atoms. The third-order valence-corrected chi connectivity index (χ3v) is 7.81. The summed E-state index contributed by atoms with van der Waals surface area (Å²) in [5, 5.41) is 0.561. The van der Waals surface area contributed by atoms with Crippen LogP contribution in [0.2, 0.25) is 0 Å². The van der Waals surface area contributed by atoms with E-state index in [0.717, 1.165) is 10.2 Å². The molecular weight excluding hydrogens is 448 g/mol. The Bertz CT molecular complexity index is 1260. The highest BCUT2D eigenvalue weighted by atomic mass is 32.2. The molecule has 2 aromatic heterocycles. The van der Waals surface area contributed by atoms with Gasteiger partial charge in [0.1, 0.15) is 11.5 Å². The molecule has 166 valence electrons. The maximum atomic E-state index is 13.1. The number of ether oxygens (including phenoxy) is 1. The van der Waals surface area contributed by atoms with Crippen molar-refractivity contribution in [2.24, 2.45) is 0 Å². The topological polar surface area (TPSA) is 89.7 Å². The normalized spacial score (nSPS) is 11.5. The molecule has 0 N–H and O–H groups in total. The molecule has 0 aliphatic carbocycles. The van der Waals surface area contributed by atoms with Crippen LogP contribution in [0, 0.1) is 0 Å². The lowest BCUT2D eigenvalue weighted by molar-refractivity contribution is -0.118. The number of carbonyl (C=O) groups excluding carboxylic acids is 1. The quantitative estimate of drug-likeness (QED) is 0.353. The smallest absolute Gasteiger partial charge is 0.229 e. The molecule has 0 unspecified atom stereocenters. The van der Waals surface area contributed by atoms with Crippen molar-refractivity contribution in [1.29, 1.82) is 0 Å². The Hall–Kier alpha value is -3.17. The van der Waals surface area contributed by atoms with Gasteiger partial charge >= 0.3 is 0 Å². The molecule has 0 atom stereocenters. The van der Waals surface area contributed by atoms with Crippen molar-refractivity contribution in [2.75, 3.05) is 17.8 Å². The van der Waals surface area contributed by atoms with Crippen LogP contribution in [-0.2, 0) is 21.2 Å². The molecular formula is C23H22N2O5S2. The number of furan rings is 1. The van der Waals surface area contributed by atoms with E-state index in [4.69, 9.17) is 9.15 Å². The number of fused-ring (bicyclic) bond motifs is 1. The van der Waals surface area contributed by atoms with Crippen LogP contribution in [0.5, 0.6) is 5.75 Å². The number of benzene rings is 2. The summed E-state index contributed by atoms with van der Waals surface area (Å²) >= 11 is 1.42. The predicted octanol–water partition coefficient (Wildman–Crippen LogP) is 4.69. The average Bonchev–Trinajstić information content (AvgIpc) is 3.46. The average molecular weight is 471 g/mol. The number of sulfone groups is 1. The first-order valence-corrected chi connectivity index (χ1v) is 12.5. The standard InChI is InChI=1S/C23H22N2O5S2/c1-29-17-10-12-19(13-11-17)32(27,28)15-5-9-22(26)25(16-18-6-4-14-30-18)23-24-20-7-2-3-8-21(20)31-23/h2-4,6-8,10-14H,5,9,15-16H2,1H3. The summed E-state index contributed by atoms with van der Waals surface area (Å²) in [7, 11) is -1.98. The van der Waals surface area contributed by atoms with Crippen molar-refractivity contribution in [3.8, 4) is 5.75 Å². The van der Waals surface area contributed by atoms with Crippen LogP contribution < -0.4 is 9.64 Å². The lowest BCUT2D eigenvalue weighted by Crippen LogP contribution is -2.30. The summed E-state index contributed by atoms with van der Waals surface area (Å²) in [6.07, 6.45) is 1.83. The van der Waals surface area contributed by atoms with Crippen LogP contribution in [0.25, 0.3) is 10.2 Å². The number of amides is 1. The lowest BCUT2D eigenvalue weighted by Gasteiger charge is -2.18. The van der Waals surface area contributed by atoms with Crippen molar-refractivity contribution in [3.05, 3.63) is 72.7 Å². The Balaban J connectivity index is 1.47. The van der Waals surface area contributed by atoms with E-state index in [9.17, 15) is 13.2 Å². The molecule has 9 heteroatoms. The van der Waals surface area contributed by atoms with Crippen LogP contribution in [0.1, 0.15) is 18.6 Å². The van der Waals surface area contributed by atoms with Gasteiger partial charge in [0.15, 0.2) is 15.0 Å². The van der Waals surface area contributed by atoms with Crippen LogP contribution in [-0.4, -0.2) is 32.2 Å². The fourth-order valence-corrected chi connectivity index (χ4v) is 5.54. The minimum absolute atomic E-state index is 0.0754. The number of hydrogen-bond donors (Lipinski definition) is 0. The zero-order valence-electron chi connectivity index (χ0n) is 17.4. The second kappa shape index (κ2) is 9.54. The van der Waals surface area contributed by atoms with Crippen LogP contribution in [0.3, 0.4) is 0 Å². The largest absolute Gasteiger partial charge is 0.497 e. The van der Waals surface area contributed by atoms with Crippen molar-refractivity contribution in [2.45, 2.75) is 24.3 Å². The fourth-order valence-electron chi connectivity index (χ4n) is 3.25. The molecule has 0 saturated carbocycles. The van der Waals surface area contributed by atoms with E-state index in [0.29, 0.717) is 16.6 Å². The summed E-state index contributed by atoms with van der Waals surface area (Å²) in [5.41, 5.74) is 0.812. The molecule has 4 rings (SSSR count). The second-order valence-electron chi connectivity index (χ2n) is 7.12. The van der Waals surface area contributed by atoms with Crippen LogP contribution in [0.15, 0.2) is 76.2 Å². The van der Waals surface area contributed by atoms with Gasteiger partial charge in [-0.25, -0.2) is 13.4 Å². The summed E-state index contributed by atoms with van der Waals surface area (Å²) in [5.74, 6) is 0.886.